The van der Waals surface area contributed by atoms with Gasteiger partial charge >= 0.3 is 77.0 Å². The molecule has 11 heavy (non-hydrogen) atoms. The second kappa shape index (κ2) is 2.07. The van der Waals surface area contributed by atoms with Gasteiger partial charge < -0.3 is 0 Å². The Kier molecular flexibility index (Phi) is 1.32. The third kappa shape index (κ3) is 1.01. The molecule has 4 aliphatic rings. The molecule has 4 saturated carbocycles. The second-order valence-corrected chi connectivity index (χ2v) is 7.42. The molecule has 0 aromatic rings. The van der Waals surface area contributed by atoms with Crippen molar-refractivity contribution in [2.75, 3.05) is 0 Å². The molecular weight excluding hydrogens is 193 g/mol. The summed E-state index contributed by atoms with van der Waals surface area (Å²) in [5, 5.41) is 0. The van der Waals surface area contributed by atoms with Gasteiger partial charge in [-0.2, -0.15) is 0 Å². The standard InChI is InChI=1S/C10H15Ge/c11-10-4-7-1-8(5-10)3-9(2-7)6-10/h7-9H,1-6H2. The molecule has 0 aromatic carbocycles. The predicted octanol–water partition coefficient (Wildman–Crippen LogP) is 2.54. The van der Waals surface area contributed by atoms with Gasteiger partial charge in [0.25, 0.3) is 0 Å². The van der Waals surface area contributed by atoms with E-state index in [1.165, 1.54) is 0 Å². The summed E-state index contributed by atoms with van der Waals surface area (Å²) < 4.78 is 0.800. The molecule has 0 heterocycles. The molecule has 3 radical (unpaired) electrons. The predicted molar refractivity (Wildman–Crippen MR) is 46.6 cm³/mol. The van der Waals surface area contributed by atoms with Gasteiger partial charge in [0.15, 0.2) is 0 Å². The van der Waals surface area contributed by atoms with Crippen LogP contribution in [0.5, 0.6) is 0 Å². The van der Waals surface area contributed by atoms with Crippen molar-refractivity contribution in [3.05, 3.63) is 0 Å². The Balaban J connectivity index is 1.94. The van der Waals surface area contributed by atoms with Crippen LogP contribution in [0.3, 0.4) is 0 Å². The summed E-state index contributed by atoms with van der Waals surface area (Å²) in [6.07, 6.45) is 9.48. The first-order valence-electron chi connectivity index (χ1n) is 4.98. The van der Waals surface area contributed by atoms with Crippen molar-refractivity contribution in [3.8, 4) is 0 Å². The monoisotopic (exact) mass is 209 g/mol. The Morgan fingerprint density at radius 1 is 0.818 bits per heavy atom. The van der Waals surface area contributed by atoms with E-state index in [1.54, 1.807) is 38.5 Å². The van der Waals surface area contributed by atoms with Crippen LogP contribution in [0.25, 0.3) is 0 Å². The van der Waals surface area contributed by atoms with Crippen molar-refractivity contribution < 1.29 is 0 Å². The van der Waals surface area contributed by atoms with Crippen LogP contribution in [0.1, 0.15) is 38.5 Å². The average Bonchev–Trinajstić information content (AvgIpc) is 1.79. The zero-order valence-electron chi connectivity index (χ0n) is 6.97. The van der Waals surface area contributed by atoms with Crippen LogP contribution in [0.2, 0.25) is 4.25 Å². The van der Waals surface area contributed by atoms with Crippen molar-refractivity contribution in [1.29, 1.82) is 0 Å². The topological polar surface area (TPSA) is 0 Å². The summed E-state index contributed by atoms with van der Waals surface area (Å²) in [5.41, 5.74) is 0. The minimum absolute atomic E-state index is 0.800. The third-order valence-electron chi connectivity index (χ3n) is 4.04. The number of hydrogen-bond donors (Lipinski definition) is 0. The Morgan fingerprint density at radius 3 is 1.45 bits per heavy atom. The SMILES string of the molecule is [Ge][C]12CC3CC(CC(C3)C1)C2. The van der Waals surface area contributed by atoms with Gasteiger partial charge in [-0.25, -0.2) is 0 Å². The number of rotatable bonds is 0. The molecule has 0 amide bonds. The summed E-state index contributed by atoms with van der Waals surface area (Å²) in [7, 11) is 0. The summed E-state index contributed by atoms with van der Waals surface area (Å²) in [6.45, 7) is 0. The minimum atomic E-state index is 0.800. The van der Waals surface area contributed by atoms with Gasteiger partial charge in [0, 0.05) is 0 Å². The van der Waals surface area contributed by atoms with E-state index < -0.39 is 0 Å². The van der Waals surface area contributed by atoms with Gasteiger partial charge in [-0.1, -0.05) is 0 Å². The quantitative estimate of drug-likeness (QED) is 0.536. The maximum absolute atomic E-state index is 2.54. The van der Waals surface area contributed by atoms with E-state index in [9.17, 15) is 0 Å². The van der Waals surface area contributed by atoms with E-state index >= 15 is 0 Å². The maximum atomic E-state index is 2.54. The molecule has 4 bridgehead atoms. The van der Waals surface area contributed by atoms with Crippen molar-refractivity contribution in [2.45, 2.75) is 42.8 Å². The average molecular weight is 208 g/mol. The molecule has 4 aliphatic carbocycles. The third-order valence-corrected chi connectivity index (χ3v) is 5.32. The fourth-order valence-corrected chi connectivity index (χ4v) is 5.93. The molecule has 0 aliphatic heterocycles. The van der Waals surface area contributed by atoms with Gasteiger partial charge in [0.1, 0.15) is 0 Å². The van der Waals surface area contributed by atoms with E-state index in [1.807, 2.05) is 0 Å². The van der Waals surface area contributed by atoms with Crippen LogP contribution in [-0.4, -0.2) is 16.5 Å². The van der Waals surface area contributed by atoms with Gasteiger partial charge in [-0.05, 0) is 0 Å². The van der Waals surface area contributed by atoms with Crippen molar-refractivity contribution >= 4 is 16.5 Å². The van der Waals surface area contributed by atoms with Crippen molar-refractivity contribution in [3.63, 3.8) is 0 Å². The zero-order valence-corrected chi connectivity index (χ0v) is 9.07. The first kappa shape index (κ1) is 7.00. The zero-order chi connectivity index (χ0) is 7.47. The summed E-state index contributed by atoms with van der Waals surface area (Å²) >= 11 is 2.54. The Morgan fingerprint density at radius 2 is 1.18 bits per heavy atom. The fourth-order valence-electron chi connectivity index (χ4n) is 4.11. The molecule has 1 heteroatoms. The van der Waals surface area contributed by atoms with Crippen LogP contribution in [0.4, 0.5) is 0 Å². The van der Waals surface area contributed by atoms with Crippen molar-refractivity contribution in [2.24, 2.45) is 17.8 Å². The normalized spacial score (nSPS) is 60.3. The van der Waals surface area contributed by atoms with Gasteiger partial charge in [-0.15, -0.1) is 0 Å². The first-order chi connectivity index (χ1) is 5.23. The Labute approximate surface area is 77.4 Å². The summed E-state index contributed by atoms with van der Waals surface area (Å²) in [5.74, 6) is 3.43. The molecule has 4 fully saturated rings. The van der Waals surface area contributed by atoms with Gasteiger partial charge in [0.05, 0.1) is 0 Å². The molecule has 59 valence electrons. The molecule has 0 nitrogen and oxygen atoms in total. The van der Waals surface area contributed by atoms with Crippen LogP contribution in [0, 0.1) is 17.8 Å². The Hall–Kier alpha value is 0.543. The molecule has 0 aromatic heterocycles. The first-order valence-corrected chi connectivity index (χ1v) is 6.03. The molecule has 0 spiro atoms. The van der Waals surface area contributed by atoms with E-state index in [0.717, 1.165) is 22.0 Å². The molecule has 0 atom stereocenters. The van der Waals surface area contributed by atoms with E-state index in [-0.39, 0.29) is 0 Å². The molecule has 0 unspecified atom stereocenters. The molecule has 4 rings (SSSR count). The van der Waals surface area contributed by atoms with E-state index in [0.29, 0.717) is 0 Å². The van der Waals surface area contributed by atoms with Crippen molar-refractivity contribution in [1.82, 2.24) is 0 Å². The van der Waals surface area contributed by atoms with E-state index in [2.05, 4.69) is 16.5 Å². The second-order valence-electron chi connectivity index (χ2n) is 5.20. The number of hydrogen-bond acceptors (Lipinski definition) is 0. The van der Waals surface area contributed by atoms with Crippen LogP contribution in [0.15, 0.2) is 0 Å². The van der Waals surface area contributed by atoms with E-state index in [4.69, 9.17) is 0 Å². The Bertz CT molecular complexity index is 150. The fraction of sp³-hybridized carbons (Fsp3) is 1.00. The van der Waals surface area contributed by atoms with Gasteiger partial charge in [-0.3, -0.25) is 0 Å². The summed E-state index contributed by atoms with van der Waals surface area (Å²) in [6, 6.07) is 0. The molecular formula is C10H15Ge. The van der Waals surface area contributed by atoms with Crippen LogP contribution < -0.4 is 0 Å². The molecule has 0 N–H and O–H groups in total. The van der Waals surface area contributed by atoms with Crippen LogP contribution >= 0.6 is 0 Å². The molecule has 0 saturated heterocycles. The van der Waals surface area contributed by atoms with Crippen LogP contribution in [-0.2, 0) is 0 Å². The summed E-state index contributed by atoms with van der Waals surface area (Å²) in [4.78, 5) is 0. The van der Waals surface area contributed by atoms with Gasteiger partial charge in [0.2, 0.25) is 0 Å².